The Labute approximate surface area is 123 Å². The van der Waals surface area contributed by atoms with Crippen molar-refractivity contribution in [3.8, 4) is 11.5 Å². The number of aryl methyl sites for hydroxylation is 1. The number of nitrogens with one attached hydrogen (secondary N) is 1. The summed E-state index contributed by atoms with van der Waals surface area (Å²) >= 11 is 6.25. The fourth-order valence-corrected chi connectivity index (χ4v) is 2.22. The first-order valence-electron chi connectivity index (χ1n) is 6.42. The first kappa shape index (κ1) is 14.8. The lowest BCUT2D eigenvalue weighted by Gasteiger charge is -2.14. The van der Waals surface area contributed by atoms with Gasteiger partial charge in [0.15, 0.2) is 0 Å². The minimum Gasteiger partial charge on any atom is -0.457 e. The molecule has 0 bridgehead atoms. The lowest BCUT2D eigenvalue weighted by atomic mass is 10.1. The molecule has 2 nitrogen and oxygen atoms in total. The third-order valence-electron chi connectivity index (χ3n) is 3.25. The predicted octanol–water partition coefficient (Wildman–Crippen LogP) is 4.86. The standard InChI is InChI=1S/C16H17ClFNO/c1-10-4-5-12(18)8-16(10)20-13-6-7-14(11(2)19-3)15(17)9-13/h4-9,11,19H,1-3H3. The summed E-state index contributed by atoms with van der Waals surface area (Å²) in [7, 11) is 1.88. The molecule has 0 heterocycles. The third-order valence-corrected chi connectivity index (χ3v) is 3.58. The quantitative estimate of drug-likeness (QED) is 0.869. The zero-order valence-electron chi connectivity index (χ0n) is 11.7. The van der Waals surface area contributed by atoms with Crippen molar-refractivity contribution >= 4 is 11.6 Å². The monoisotopic (exact) mass is 293 g/mol. The molecular weight excluding hydrogens is 277 g/mol. The Morgan fingerprint density at radius 3 is 2.60 bits per heavy atom. The van der Waals surface area contributed by atoms with Gasteiger partial charge >= 0.3 is 0 Å². The average molecular weight is 294 g/mol. The van der Waals surface area contributed by atoms with Crippen LogP contribution in [0.4, 0.5) is 4.39 Å². The molecule has 1 unspecified atom stereocenters. The Morgan fingerprint density at radius 1 is 1.20 bits per heavy atom. The smallest absolute Gasteiger partial charge is 0.133 e. The van der Waals surface area contributed by atoms with Crippen LogP contribution >= 0.6 is 11.6 Å². The zero-order valence-corrected chi connectivity index (χ0v) is 12.5. The van der Waals surface area contributed by atoms with Gasteiger partial charge in [-0.15, -0.1) is 0 Å². The molecule has 0 aliphatic rings. The molecular formula is C16H17ClFNO. The van der Waals surface area contributed by atoms with Crippen LogP contribution in [-0.2, 0) is 0 Å². The van der Waals surface area contributed by atoms with Gasteiger partial charge in [-0.25, -0.2) is 4.39 Å². The summed E-state index contributed by atoms with van der Waals surface area (Å²) in [5, 5.41) is 3.76. The van der Waals surface area contributed by atoms with E-state index in [1.807, 2.05) is 33.0 Å². The summed E-state index contributed by atoms with van der Waals surface area (Å²) in [5.74, 6) is 0.767. The second-order valence-electron chi connectivity index (χ2n) is 4.71. The van der Waals surface area contributed by atoms with Crippen LogP contribution in [0.1, 0.15) is 24.1 Å². The highest BCUT2D eigenvalue weighted by atomic mass is 35.5. The van der Waals surface area contributed by atoms with Gasteiger partial charge in [0, 0.05) is 17.1 Å². The number of rotatable bonds is 4. The maximum absolute atomic E-state index is 13.2. The van der Waals surface area contributed by atoms with Crippen LogP contribution in [0.15, 0.2) is 36.4 Å². The lowest BCUT2D eigenvalue weighted by Crippen LogP contribution is -2.12. The topological polar surface area (TPSA) is 21.3 Å². The van der Waals surface area contributed by atoms with Crippen LogP contribution in [0.3, 0.4) is 0 Å². The van der Waals surface area contributed by atoms with Crippen LogP contribution in [0.2, 0.25) is 5.02 Å². The first-order chi connectivity index (χ1) is 9.51. The summed E-state index contributed by atoms with van der Waals surface area (Å²) < 4.78 is 18.9. The van der Waals surface area contributed by atoms with E-state index in [2.05, 4.69) is 5.32 Å². The lowest BCUT2D eigenvalue weighted by molar-refractivity contribution is 0.472. The number of halogens is 2. The number of hydrogen-bond acceptors (Lipinski definition) is 2. The minimum absolute atomic E-state index is 0.160. The van der Waals surface area contributed by atoms with Gasteiger partial charge in [-0.2, -0.15) is 0 Å². The van der Waals surface area contributed by atoms with Crippen LogP contribution in [-0.4, -0.2) is 7.05 Å². The van der Waals surface area contributed by atoms with E-state index in [-0.39, 0.29) is 11.9 Å². The molecule has 0 fully saturated rings. The van der Waals surface area contributed by atoms with E-state index in [0.29, 0.717) is 16.5 Å². The van der Waals surface area contributed by atoms with Gasteiger partial charge in [0.1, 0.15) is 17.3 Å². The minimum atomic E-state index is -0.322. The molecule has 20 heavy (non-hydrogen) atoms. The second-order valence-corrected chi connectivity index (χ2v) is 5.11. The molecule has 0 amide bonds. The van der Waals surface area contributed by atoms with Crippen molar-refractivity contribution in [2.24, 2.45) is 0 Å². The molecule has 2 rings (SSSR count). The molecule has 106 valence electrons. The van der Waals surface area contributed by atoms with Crippen molar-refractivity contribution in [2.75, 3.05) is 7.05 Å². The SMILES string of the molecule is CNC(C)c1ccc(Oc2cc(F)ccc2C)cc1Cl. The summed E-state index contributed by atoms with van der Waals surface area (Å²) in [6.07, 6.45) is 0. The summed E-state index contributed by atoms with van der Waals surface area (Å²) in [6, 6.07) is 10.1. The van der Waals surface area contributed by atoms with E-state index in [9.17, 15) is 4.39 Å². The molecule has 2 aromatic rings. The van der Waals surface area contributed by atoms with Gasteiger partial charge in [-0.1, -0.05) is 23.7 Å². The normalized spacial score (nSPS) is 12.2. The Balaban J connectivity index is 2.26. The summed E-state index contributed by atoms with van der Waals surface area (Å²) in [4.78, 5) is 0. The van der Waals surface area contributed by atoms with Crippen molar-refractivity contribution in [3.05, 3.63) is 58.4 Å². The maximum atomic E-state index is 13.2. The molecule has 0 radical (unpaired) electrons. The Morgan fingerprint density at radius 2 is 1.95 bits per heavy atom. The Hall–Kier alpha value is -1.58. The van der Waals surface area contributed by atoms with Crippen LogP contribution in [0.25, 0.3) is 0 Å². The number of benzene rings is 2. The Kier molecular flexibility index (Phi) is 4.63. The molecule has 0 aliphatic heterocycles. The molecule has 1 N–H and O–H groups in total. The van der Waals surface area contributed by atoms with Crippen molar-refractivity contribution in [2.45, 2.75) is 19.9 Å². The highest BCUT2D eigenvalue weighted by molar-refractivity contribution is 6.31. The van der Waals surface area contributed by atoms with E-state index < -0.39 is 0 Å². The third kappa shape index (κ3) is 3.30. The van der Waals surface area contributed by atoms with Gasteiger partial charge in [0.05, 0.1) is 0 Å². The molecule has 0 aliphatic carbocycles. The van der Waals surface area contributed by atoms with E-state index in [1.54, 1.807) is 12.1 Å². The molecule has 0 aromatic heterocycles. The molecule has 0 spiro atoms. The second kappa shape index (κ2) is 6.25. The molecule has 0 saturated carbocycles. The van der Waals surface area contributed by atoms with Crippen LogP contribution < -0.4 is 10.1 Å². The van der Waals surface area contributed by atoms with Gasteiger partial charge < -0.3 is 10.1 Å². The highest BCUT2D eigenvalue weighted by Crippen LogP contribution is 2.31. The fourth-order valence-electron chi connectivity index (χ4n) is 1.89. The van der Waals surface area contributed by atoms with E-state index in [0.717, 1.165) is 11.1 Å². The van der Waals surface area contributed by atoms with Crippen LogP contribution in [0.5, 0.6) is 11.5 Å². The van der Waals surface area contributed by atoms with Gasteiger partial charge in [-0.05, 0) is 50.2 Å². The number of ether oxygens (including phenoxy) is 1. The molecule has 0 saturated heterocycles. The van der Waals surface area contributed by atoms with Crippen molar-refractivity contribution in [1.29, 1.82) is 0 Å². The van der Waals surface area contributed by atoms with E-state index in [1.165, 1.54) is 12.1 Å². The van der Waals surface area contributed by atoms with E-state index in [4.69, 9.17) is 16.3 Å². The van der Waals surface area contributed by atoms with Gasteiger partial charge in [-0.3, -0.25) is 0 Å². The maximum Gasteiger partial charge on any atom is 0.133 e. The summed E-state index contributed by atoms with van der Waals surface area (Å²) in [5.41, 5.74) is 1.87. The number of hydrogen-bond donors (Lipinski definition) is 1. The molecule has 4 heteroatoms. The highest BCUT2D eigenvalue weighted by Gasteiger charge is 2.10. The van der Waals surface area contributed by atoms with Crippen molar-refractivity contribution in [1.82, 2.24) is 5.32 Å². The van der Waals surface area contributed by atoms with Gasteiger partial charge in [0.25, 0.3) is 0 Å². The van der Waals surface area contributed by atoms with Crippen LogP contribution in [0, 0.1) is 12.7 Å². The Bertz CT molecular complexity index is 615. The average Bonchev–Trinajstić information content (AvgIpc) is 2.42. The fraction of sp³-hybridized carbons (Fsp3) is 0.250. The predicted molar refractivity (Wildman–Crippen MR) is 80.1 cm³/mol. The molecule has 2 aromatic carbocycles. The summed E-state index contributed by atoms with van der Waals surface area (Å²) in [6.45, 7) is 3.90. The molecule has 1 atom stereocenters. The van der Waals surface area contributed by atoms with Crippen molar-refractivity contribution < 1.29 is 9.13 Å². The van der Waals surface area contributed by atoms with E-state index >= 15 is 0 Å². The van der Waals surface area contributed by atoms with Gasteiger partial charge in [0.2, 0.25) is 0 Å². The van der Waals surface area contributed by atoms with Crippen molar-refractivity contribution in [3.63, 3.8) is 0 Å². The zero-order chi connectivity index (χ0) is 14.7. The largest absolute Gasteiger partial charge is 0.457 e. The first-order valence-corrected chi connectivity index (χ1v) is 6.79.